The van der Waals surface area contributed by atoms with E-state index < -0.39 is 57.1 Å². The summed E-state index contributed by atoms with van der Waals surface area (Å²) in [6.07, 6.45) is -7.31. The number of nitrogens with one attached hydrogen (secondary N) is 2. The highest BCUT2D eigenvalue weighted by atomic mass is 127. The Hall–Kier alpha value is -3.03. The van der Waals surface area contributed by atoms with E-state index in [0.717, 1.165) is 21.3 Å². The van der Waals surface area contributed by atoms with Crippen molar-refractivity contribution in [3.05, 3.63) is 84.0 Å². The molecule has 4 nitrogen and oxygen atoms in total. The number of carbonyl (C=O) groups is 2. The van der Waals surface area contributed by atoms with Crippen molar-refractivity contribution in [2.45, 2.75) is 18.0 Å². The van der Waals surface area contributed by atoms with Crippen LogP contribution in [0.4, 0.5) is 36.4 Å². The summed E-state index contributed by atoms with van der Waals surface area (Å²) in [5, 5.41) is 3.89. The Balaban J connectivity index is 1.71. The van der Waals surface area contributed by atoms with Crippen molar-refractivity contribution >= 4 is 45.3 Å². The highest BCUT2D eigenvalue weighted by Crippen LogP contribution is 2.45. The number of alkyl halides is 7. The molecule has 2 amide bonds. The number of hydrogen-bond donors (Lipinski definition) is 2. The minimum absolute atomic E-state index is 0.0847. The van der Waals surface area contributed by atoms with Crippen LogP contribution in [0.3, 0.4) is 0 Å². The van der Waals surface area contributed by atoms with Gasteiger partial charge in [0.1, 0.15) is 0 Å². The molecule has 1 heterocycles. The van der Waals surface area contributed by atoms with Crippen molar-refractivity contribution in [2.75, 3.05) is 11.9 Å². The zero-order valence-corrected chi connectivity index (χ0v) is 19.6. The standard InChI is InChI=1S/C23H16F7IN2O2/c24-21(22(25,26)27,23(28,29)30)13-32-19(34)15-8-4-9-16(12-15)33-20(35)18-11-5-10-17(31-18)14-6-2-1-3-7-14/h1-12H,13H2,(H,32,34)(H,33,35). The predicted molar refractivity (Wildman–Crippen MR) is 126 cm³/mol. The van der Waals surface area contributed by atoms with Gasteiger partial charge in [-0.2, -0.15) is 26.3 Å². The van der Waals surface area contributed by atoms with Crippen molar-refractivity contribution in [2.24, 2.45) is 0 Å². The summed E-state index contributed by atoms with van der Waals surface area (Å²) in [6, 6.07) is 14.2. The minimum atomic E-state index is -6.28. The molecule has 1 aliphatic heterocycles. The molecule has 0 radical (unpaired) electrons. The van der Waals surface area contributed by atoms with Gasteiger partial charge in [0.2, 0.25) is 0 Å². The number of hydrogen-bond acceptors (Lipinski definition) is 2. The number of rotatable bonds is 6. The van der Waals surface area contributed by atoms with Gasteiger partial charge in [-0.25, -0.2) is 4.39 Å². The van der Waals surface area contributed by atoms with E-state index >= 15 is 0 Å². The summed E-state index contributed by atoms with van der Waals surface area (Å²) in [4.78, 5) is 24.8. The van der Waals surface area contributed by atoms with Crippen molar-refractivity contribution < 1.29 is 40.3 Å². The molecule has 0 aromatic heterocycles. The number of carbonyl (C=O) groups excluding carboxylic acids is 2. The molecule has 2 aromatic carbocycles. The van der Waals surface area contributed by atoms with Crippen molar-refractivity contribution in [3.63, 3.8) is 0 Å². The minimum Gasteiger partial charge on any atom is -0.348 e. The largest absolute Gasteiger partial charge is 0.433 e. The first-order chi connectivity index (χ1) is 16.3. The van der Waals surface area contributed by atoms with Gasteiger partial charge >= 0.3 is 18.0 Å². The maximum absolute atomic E-state index is 13.8. The van der Waals surface area contributed by atoms with Gasteiger partial charge in [0.05, 0.1) is 10.1 Å². The Kier molecular flexibility index (Phi) is 7.82. The quantitative estimate of drug-likeness (QED) is 0.314. The molecule has 0 fully saturated rings. The molecule has 35 heavy (non-hydrogen) atoms. The van der Waals surface area contributed by atoms with Gasteiger partial charge in [0.25, 0.3) is 11.8 Å². The van der Waals surface area contributed by atoms with Crippen LogP contribution in [0.5, 0.6) is 0 Å². The van der Waals surface area contributed by atoms with Crippen LogP contribution in [0, 0.1) is 0 Å². The summed E-state index contributed by atoms with van der Waals surface area (Å²) >= 11 is -0.852. The third kappa shape index (κ3) is 6.16. The molecule has 0 bridgehead atoms. The molecule has 0 saturated carbocycles. The van der Waals surface area contributed by atoms with Crippen molar-refractivity contribution in [1.29, 1.82) is 0 Å². The topological polar surface area (TPSA) is 58.2 Å². The van der Waals surface area contributed by atoms with E-state index in [4.69, 9.17) is 0 Å². The van der Waals surface area contributed by atoms with Gasteiger partial charge in [-0.05, 0) is 35.9 Å². The monoisotopic (exact) mass is 612 g/mol. The first kappa shape index (κ1) is 26.6. The van der Waals surface area contributed by atoms with Gasteiger partial charge < -0.3 is 10.6 Å². The summed E-state index contributed by atoms with van der Waals surface area (Å²) in [5.41, 5.74) is -4.92. The van der Waals surface area contributed by atoms with Gasteiger partial charge in [0.15, 0.2) is 0 Å². The lowest BCUT2D eigenvalue weighted by atomic mass is 10.0. The molecule has 0 spiro atoms. The summed E-state index contributed by atoms with van der Waals surface area (Å²) in [5.74, 6) is -1.84. The molecule has 3 rings (SSSR count). The molecular weight excluding hydrogens is 596 g/mol. The zero-order valence-electron chi connectivity index (χ0n) is 17.5. The maximum Gasteiger partial charge on any atom is 0.433 e. The Morgan fingerprint density at radius 3 is 2.11 bits per heavy atom. The number of amides is 2. The van der Waals surface area contributed by atoms with Crippen LogP contribution in [0.25, 0.3) is 3.58 Å². The Bertz CT molecular complexity index is 1190. The van der Waals surface area contributed by atoms with Crippen LogP contribution < -0.4 is 10.6 Å². The Morgan fingerprint density at radius 2 is 1.49 bits per heavy atom. The number of benzene rings is 2. The Morgan fingerprint density at radius 1 is 0.829 bits per heavy atom. The highest BCUT2D eigenvalue weighted by molar-refractivity contribution is 14.2. The lowest BCUT2D eigenvalue weighted by Gasteiger charge is -2.29. The first-order valence-corrected chi connectivity index (χ1v) is 11.9. The summed E-state index contributed by atoms with van der Waals surface area (Å²) in [6.45, 7) is -2.35. The third-order valence-electron chi connectivity index (χ3n) is 4.73. The van der Waals surface area contributed by atoms with Gasteiger partial charge in [-0.3, -0.25) is 9.59 Å². The molecule has 2 N–H and O–H groups in total. The van der Waals surface area contributed by atoms with Gasteiger partial charge in [0, 0.05) is 14.8 Å². The fraction of sp³-hybridized carbons (Fsp3) is 0.174. The number of allylic oxidation sites excluding steroid dienone is 2. The van der Waals surface area contributed by atoms with Crippen molar-refractivity contribution in [1.82, 2.24) is 5.32 Å². The SMILES string of the molecule is O=C(Nc1cccc(C(=O)NCC(F)(C(F)(F)F)C(F)(F)F)c1)C1=IC(c2ccccc2)=CC=C1. The van der Waals surface area contributed by atoms with E-state index in [1.807, 2.05) is 36.4 Å². The van der Waals surface area contributed by atoms with E-state index in [1.54, 1.807) is 12.2 Å². The lowest BCUT2D eigenvalue weighted by molar-refractivity contribution is -0.338. The summed E-state index contributed by atoms with van der Waals surface area (Å²) in [7, 11) is 0. The molecule has 0 unspecified atom stereocenters. The van der Waals surface area contributed by atoms with Crippen molar-refractivity contribution in [3.8, 4) is 0 Å². The third-order valence-corrected chi connectivity index (χ3v) is 7.72. The number of halogens is 8. The molecule has 0 aliphatic carbocycles. The van der Waals surface area contributed by atoms with E-state index in [2.05, 4.69) is 5.32 Å². The smallest absolute Gasteiger partial charge is 0.348 e. The average Bonchev–Trinajstić information content (AvgIpc) is 2.81. The van der Waals surface area contributed by atoms with Gasteiger partial charge in [-0.1, -0.05) is 63.2 Å². The molecule has 1 aliphatic rings. The van der Waals surface area contributed by atoms with E-state index in [1.165, 1.54) is 17.4 Å². The molecular formula is C23H16F7IN2O2. The second-order valence-electron chi connectivity index (χ2n) is 7.20. The van der Waals surface area contributed by atoms with Crippen LogP contribution in [-0.2, 0) is 4.79 Å². The van der Waals surface area contributed by atoms with Crippen LogP contribution in [0.1, 0.15) is 15.9 Å². The zero-order chi connectivity index (χ0) is 25.9. The second kappa shape index (κ2) is 10.3. The van der Waals surface area contributed by atoms with E-state index in [0.29, 0.717) is 3.51 Å². The average molecular weight is 612 g/mol. The first-order valence-electron chi connectivity index (χ1n) is 9.79. The van der Waals surface area contributed by atoms with Gasteiger partial charge in [-0.15, -0.1) is 0 Å². The maximum atomic E-state index is 13.8. The predicted octanol–water partition coefficient (Wildman–Crippen LogP) is 5.94. The summed E-state index contributed by atoms with van der Waals surface area (Å²) < 4.78 is 91.3. The fourth-order valence-corrected chi connectivity index (χ4v) is 5.30. The normalized spacial score (nSPS) is 14.4. The van der Waals surface area contributed by atoms with E-state index in [9.17, 15) is 40.3 Å². The fourth-order valence-electron chi connectivity index (χ4n) is 2.85. The second-order valence-corrected chi connectivity index (χ2v) is 10.1. The van der Waals surface area contributed by atoms with Crippen LogP contribution in [0.15, 0.2) is 72.8 Å². The molecule has 2 aromatic rings. The van der Waals surface area contributed by atoms with Crippen LogP contribution >= 0.6 is 20.7 Å². The molecule has 0 atom stereocenters. The molecule has 186 valence electrons. The lowest BCUT2D eigenvalue weighted by Crippen LogP contribution is -2.59. The molecule has 12 heteroatoms. The highest BCUT2D eigenvalue weighted by Gasteiger charge is 2.72. The van der Waals surface area contributed by atoms with Crippen LogP contribution in [0.2, 0.25) is 0 Å². The Labute approximate surface area is 204 Å². The van der Waals surface area contributed by atoms with E-state index in [-0.39, 0.29) is 11.3 Å². The number of anilines is 1. The molecule has 0 saturated heterocycles. The van der Waals surface area contributed by atoms with Crippen LogP contribution in [-0.4, -0.2) is 39.9 Å².